The Morgan fingerprint density at radius 1 is 0.918 bits per heavy atom. The van der Waals surface area contributed by atoms with Gasteiger partial charge in [0.05, 0.1) is 77.2 Å². The van der Waals surface area contributed by atoms with Crippen molar-refractivity contribution in [1.82, 2.24) is 29.8 Å². The minimum atomic E-state index is -2.04. The number of carbonyl (C=O) groups is 5. The first-order valence-corrected chi connectivity index (χ1v) is 32.3. The van der Waals surface area contributed by atoms with E-state index in [1.807, 2.05) is 11.9 Å². The van der Waals surface area contributed by atoms with E-state index in [0.717, 1.165) is 51.9 Å². The number of ether oxygens (including phenoxy) is 5. The molecule has 28 heteroatoms. The number of piperidine rings is 1. The van der Waals surface area contributed by atoms with Crippen molar-refractivity contribution >= 4 is 68.8 Å². The van der Waals surface area contributed by atoms with E-state index in [4.69, 9.17) is 29.4 Å². The number of carboxylic acids is 1. The molecule has 1 saturated carbocycles. The number of aliphatic hydroxyl groups is 2. The number of hydrazone groups is 1. The normalized spacial score (nSPS) is 27.5. The summed E-state index contributed by atoms with van der Waals surface area (Å²) in [5, 5.41) is 79.9. The fraction of sp³-hybridized carbons (Fsp3) is 0.493. The number of aliphatic hydroxyl groups excluding tert-OH is 2. The molecule has 5 aromatic rings. The number of ketones is 1. The number of pyridine rings is 1. The van der Waals surface area contributed by atoms with Gasteiger partial charge in [-0.2, -0.15) is 5.10 Å². The molecule has 4 fully saturated rings. The van der Waals surface area contributed by atoms with E-state index in [1.54, 1.807) is 49.4 Å². The summed E-state index contributed by atoms with van der Waals surface area (Å²) in [5.74, 6) is -9.96. The van der Waals surface area contributed by atoms with Crippen LogP contribution in [0, 0.1) is 42.3 Å². The summed E-state index contributed by atoms with van der Waals surface area (Å²) in [5.41, 5.74) is 4.56. The summed E-state index contributed by atoms with van der Waals surface area (Å²) in [6, 6.07) is 1.62. The fourth-order valence-electron chi connectivity index (χ4n) is 13.3. The summed E-state index contributed by atoms with van der Waals surface area (Å²) in [6.07, 6.45) is 14.5. The van der Waals surface area contributed by atoms with E-state index in [1.165, 1.54) is 97.4 Å². The maximum absolute atomic E-state index is 15.3. The Morgan fingerprint density at radius 3 is 2.24 bits per heavy atom. The topological polar surface area (TPSA) is 373 Å². The quantitative estimate of drug-likeness (QED) is 0.0339. The number of aromatic carboxylic acids is 1. The molecule has 0 spiro atoms. The van der Waals surface area contributed by atoms with Crippen LogP contribution in [0.25, 0.3) is 21.7 Å². The highest BCUT2D eigenvalue weighted by Gasteiger charge is 2.50. The molecule has 7 aliphatic rings. The van der Waals surface area contributed by atoms with Crippen LogP contribution in [-0.2, 0) is 23.8 Å². The number of phenolic OH excluding ortho intramolecular Hbond substituents is 3. The lowest BCUT2D eigenvalue weighted by molar-refractivity contribution is -0.160. The predicted molar refractivity (Wildman–Crippen MR) is 358 cm³/mol. The van der Waals surface area contributed by atoms with Crippen molar-refractivity contribution in [1.29, 1.82) is 0 Å². The number of aromatic nitrogens is 3. The van der Waals surface area contributed by atoms with E-state index < -0.39 is 112 Å². The molecule has 10 N–H and O–H groups in total. The second kappa shape index (κ2) is 30.0. The lowest BCUT2D eigenvalue weighted by atomic mass is 9.78. The number of rotatable bonds is 9. The fourth-order valence-corrected chi connectivity index (χ4v) is 13.3. The van der Waals surface area contributed by atoms with Crippen LogP contribution in [-0.4, -0.2) is 194 Å². The largest absolute Gasteiger partial charge is 0.507 e. The molecule has 2 aromatic heterocycles. The van der Waals surface area contributed by atoms with Crippen LogP contribution in [0.1, 0.15) is 123 Å². The minimum absolute atomic E-state index is 0.0559. The van der Waals surface area contributed by atoms with Gasteiger partial charge in [-0.1, -0.05) is 45.9 Å². The Bertz CT molecular complexity index is 4010. The summed E-state index contributed by atoms with van der Waals surface area (Å²) in [6.45, 7) is 17.5. The van der Waals surface area contributed by atoms with Gasteiger partial charge in [-0.3, -0.25) is 34.0 Å². The van der Waals surface area contributed by atoms with Crippen LogP contribution in [0.3, 0.4) is 0 Å². The zero-order chi connectivity index (χ0) is 70.6. The van der Waals surface area contributed by atoms with Crippen molar-refractivity contribution in [2.75, 3.05) is 77.3 Å². The zero-order valence-electron chi connectivity index (χ0n) is 56.2. The van der Waals surface area contributed by atoms with Gasteiger partial charge in [-0.05, 0) is 71.2 Å². The molecule has 3 aromatic carbocycles. The van der Waals surface area contributed by atoms with Gasteiger partial charge in [0, 0.05) is 131 Å². The van der Waals surface area contributed by atoms with Crippen LogP contribution < -0.4 is 36.2 Å². The Balaban J connectivity index is 0.000000236. The number of nitrogens with zero attached hydrogens (tertiary/aromatic N) is 7. The summed E-state index contributed by atoms with van der Waals surface area (Å²) >= 11 is 0. The van der Waals surface area contributed by atoms with Gasteiger partial charge in [0.1, 0.15) is 40.3 Å². The highest BCUT2D eigenvalue weighted by molar-refractivity contribution is 6.24. The minimum Gasteiger partial charge on any atom is -0.507 e. The van der Waals surface area contributed by atoms with Gasteiger partial charge in [0.15, 0.2) is 17.3 Å². The van der Waals surface area contributed by atoms with Crippen LogP contribution >= 0.6 is 0 Å². The lowest BCUT2D eigenvalue weighted by Gasteiger charge is -2.38. The number of Topliss-reactive ketones (excluding diaryl/α,β-unsaturated/α-hetero) is 1. The van der Waals surface area contributed by atoms with Crippen molar-refractivity contribution in [3.63, 3.8) is 0 Å². The third kappa shape index (κ3) is 15.0. The van der Waals surface area contributed by atoms with Crippen molar-refractivity contribution in [3.05, 3.63) is 111 Å². The first-order chi connectivity index (χ1) is 46.0. The smallest absolute Gasteiger partial charge is 0.341 e. The molecule has 2 amide bonds. The van der Waals surface area contributed by atoms with Crippen molar-refractivity contribution < 1.29 is 82.7 Å². The zero-order valence-corrected chi connectivity index (χ0v) is 56.2. The molecule has 11 atom stereocenters. The number of aromatic hydroxyl groups is 3. The maximum Gasteiger partial charge on any atom is 0.341 e. The van der Waals surface area contributed by atoms with E-state index in [9.17, 15) is 59.4 Å². The van der Waals surface area contributed by atoms with Crippen molar-refractivity contribution in [3.8, 4) is 28.7 Å². The van der Waals surface area contributed by atoms with E-state index in [0.29, 0.717) is 48.5 Å². The number of nitrogens with two attached hydrogens (primary N) is 1. The average molecular weight is 1350 g/mol. The number of nitrogens with one attached hydrogen (secondary N) is 2. The first kappa shape index (κ1) is 72.1. The van der Waals surface area contributed by atoms with E-state index >= 15 is 4.39 Å². The number of piperazine rings is 1. The van der Waals surface area contributed by atoms with Crippen LogP contribution in [0.2, 0.25) is 0 Å². The number of methoxy groups -OCH3 is 2. The third-order valence-electron chi connectivity index (χ3n) is 19.2. The molecule has 3 saturated heterocycles. The number of amides is 2. The number of carbonyl (C=O) groups excluding carboxylic acids is 4. The lowest BCUT2D eigenvalue weighted by Crippen LogP contribution is -2.46. The molecule has 0 radical (unpaired) electrons. The number of phenols is 3. The number of carboxylic acid groups (broad SMARTS) is 1. The Labute approximate surface area is 560 Å². The van der Waals surface area contributed by atoms with Gasteiger partial charge in [-0.15, -0.1) is 0 Å². The standard InChI is InChI=1S/C43H58N4O12.C21H24FN3O4.C5H5N3O/c1-21-12-11-13-22(2)42(55)45-33-28(20-44-47-17-15-46(9)16-18-47)37(52)30-31(38(33)53)36(51)26(6)40-32(30)41(54)43(8,59-40)57-19-14-29(56-10)23(3)39(58-27(7)48)25(5)35(50)24(4)34(21)49;1-29-20-17-13(19(26)14(21(27)28)9-25(17)12-4-5-12)7-15(22)18(20)24-8-11-3-2-6-23-16(11)10-24;6-5(9)4-3-7-1-2-8-4/h11-14,19-21,23-25,29,34-35,39,49-53H,15-18H2,1-10H3,(H,45,55);7,9,11-12,16,23H,2-6,8,10H2,1H3,(H,27,28);1-3H,(H2,6,9)/b12-11+,19-14+,22-13-,44-20+;;/t21-,23+,24+,25+,29-,34-,35+,39+,43-;11-,16+;/m00./s1. The molecular formula is C69H87FN10O17. The molecular weight excluding hydrogens is 1260 g/mol. The molecule has 1 aliphatic carbocycles. The predicted octanol–water partition coefficient (Wildman–Crippen LogP) is 6.28. The van der Waals surface area contributed by atoms with Gasteiger partial charge >= 0.3 is 17.7 Å². The molecule has 5 bridgehead atoms. The number of allylic oxidation sites excluding steroid dienone is 2. The number of primary amides is 1. The Kier molecular flexibility index (Phi) is 22.3. The SMILES string of the molecule is CO[C@H]1/C=C/O[C@@]2(C)Oc3c(C)c(O)c4c(O)c(c(/C=N/N5CCN(C)CC5)c(O)c4c3C2=O)NC(=O)/C(C)=C\C=C\[C@H](C)[C@H](O)[C@@H](C)[C@@H](O)[C@@H](C)[C@H](OC(C)=O)[C@@H]1C.COc1c(N2C[C@@H]3CCCN[C@@H]3C2)c(F)cc2c(=O)c(C(=O)O)cn(C3CC3)c12.NC(=O)c1cnccn1. The van der Waals surface area contributed by atoms with Gasteiger partial charge in [0.25, 0.3) is 17.6 Å². The summed E-state index contributed by atoms with van der Waals surface area (Å²) in [4.78, 5) is 86.6. The number of hydrogen-bond acceptors (Lipinski definition) is 23. The van der Waals surface area contributed by atoms with Gasteiger partial charge in [-0.25, -0.2) is 14.2 Å². The molecule has 12 rings (SSSR count). The molecule has 27 nitrogen and oxygen atoms in total. The van der Waals surface area contributed by atoms with E-state index in [2.05, 4.69) is 30.6 Å². The number of hydrogen-bond donors (Lipinski definition) is 9. The second-order valence-corrected chi connectivity index (χ2v) is 25.9. The number of anilines is 2. The van der Waals surface area contributed by atoms with Crippen molar-refractivity contribution in [2.24, 2.45) is 40.4 Å². The number of likely N-dealkylation sites (N-methyl/N-ethyl adjacent to an activating group) is 1. The van der Waals surface area contributed by atoms with Crippen LogP contribution in [0.15, 0.2) is 76.9 Å². The summed E-state index contributed by atoms with van der Waals surface area (Å²) in [7, 11) is 4.90. The summed E-state index contributed by atoms with van der Waals surface area (Å²) < 4.78 is 46.4. The monoisotopic (exact) mass is 1350 g/mol. The maximum atomic E-state index is 15.3. The second-order valence-electron chi connectivity index (χ2n) is 25.9. The number of benzene rings is 3. The van der Waals surface area contributed by atoms with Crippen molar-refractivity contribution in [2.45, 2.75) is 123 Å². The molecule has 8 heterocycles. The number of esters is 1. The van der Waals surface area contributed by atoms with Gasteiger partial charge < -0.3 is 85.1 Å². The van der Waals surface area contributed by atoms with Crippen LogP contribution in [0.4, 0.5) is 15.8 Å². The van der Waals surface area contributed by atoms with E-state index in [-0.39, 0.29) is 67.2 Å². The molecule has 522 valence electrons. The Hall–Kier alpha value is -9.22. The molecule has 97 heavy (non-hydrogen) atoms. The number of fused-ring (bicyclic) bond motifs is 16. The van der Waals surface area contributed by atoms with Gasteiger partial charge in [0.2, 0.25) is 5.43 Å². The highest BCUT2D eigenvalue weighted by atomic mass is 19.1. The number of halogens is 1. The highest BCUT2D eigenvalue weighted by Crippen LogP contribution is 2.55. The average Bonchev–Trinajstić information content (AvgIpc) is 1.69. The molecule has 0 unspecified atom stereocenters. The Morgan fingerprint density at radius 2 is 1.63 bits per heavy atom. The third-order valence-corrected chi connectivity index (χ3v) is 19.2. The molecule has 6 aliphatic heterocycles. The van der Waals surface area contributed by atoms with Crippen LogP contribution in [0.5, 0.6) is 28.7 Å². The first-order valence-electron chi connectivity index (χ1n) is 32.3.